The third kappa shape index (κ3) is 2.33. The SMILES string of the molecule is C[C](C)C(c1ccccc1)c1ccccc1. The molecule has 0 bridgehead atoms. The second kappa shape index (κ2) is 4.98. The Balaban J connectivity index is 2.40. The molecule has 0 saturated heterocycles. The molecule has 2 rings (SSSR count). The van der Waals surface area contributed by atoms with Gasteiger partial charge in [0, 0.05) is 5.92 Å². The number of rotatable bonds is 3. The maximum absolute atomic E-state index is 2.20. The van der Waals surface area contributed by atoms with Gasteiger partial charge >= 0.3 is 0 Å². The summed E-state index contributed by atoms with van der Waals surface area (Å²) in [6, 6.07) is 21.3. The minimum atomic E-state index is 0.419. The van der Waals surface area contributed by atoms with Crippen LogP contribution in [0.3, 0.4) is 0 Å². The average Bonchev–Trinajstić information content (AvgIpc) is 2.31. The van der Waals surface area contributed by atoms with Crippen molar-refractivity contribution in [3.8, 4) is 0 Å². The molecule has 0 spiro atoms. The van der Waals surface area contributed by atoms with E-state index in [1.807, 2.05) is 0 Å². The van der Waals surface area contributed by atoms with Crippen LogP contribution in [-0.2, 0) is 0 Å². The molecule has 0 aromatic heterocycles. The monoisotopic (exact) mass is 209 g/mol. The third-order valence-corrected chi connectivity index (χ3v) is 2.84. The lowest BCUT2D eigenvalue weighted by Gasteiger charge is -2.21. The summed E-state index contributed by atoms with van der Waals surface area (Å²) < 4.78 is 0. The Hall–Kier alpha value is -1.56. The van der Waals surface area contributed by atoms with Crippen LogP contribution >= 0.6 is 0 Å². The van der Waals surface area contributed by atoms with E-state index in [-0.39, 0.29) is 0 Å². The van der Waals surface area contributed by atoms with Crippen molar-refractivity contribution in [1.82, 2.24) is 0 Å². The highest BCUT2D eigenvalue weighted by Gasteiger charge is 2.17. The summed E-state index contributed by atoms with van der Waals surface area (Å²) in [6.45, 7) is 4.40. The van der Waals surface area contributed by atoms with E-state index in [0.29, 0.717) is 5.92 Å². The number of benzene rings is 2. The molecule has 1 radical (unpaired) electrons. The van der Waals surface area contributed by atoms with Crippen molar-refractivity contribution in [2.24, 2.45) is 0 Å². The van der Waals surface area contributed by atoms with E-state index in [1.165, 1.54) is 17.0 Å². The lowest BCUT2D eigenvalue weighted by Crippen LogP contribution is -2.06. The molecule has 81 valence electrons. The zero-order valence-electron chi connectivity index (χ0n) is 9.85. The number of hydrogen-bond acceptors (Lipinski definition) is 0. The van der Waals surface area contributed by atoms with Gasteiger partial charge in [-0.05, 0) is 17.0 Å². The quantitative estimate of drug-likeness (QED) is 0.701. The zero-order chi connectivity index (χ0) is 11.4. The standard InChI is InChI=1S/C16H17/c1-13(2)16(14-9-5-3-6-10-14)15-11-7-4-8-12-15/h3-12,16H,1-2H3. The van der Waals surface area contributed by atoms with E-state index in [0.717, 1.165) is 0 Å². The van der Waals surface area contributed by atoms with Gasteiger partial charge in [0.15, 0.2) is 0 Å². The Morgan fingerprint density at radius 2 is 1.06 bits per heavy atom. The molecule has 0 N–H and O–H groups in total. The van der Waals surface area contributed by atoms with Gasteiger partial charge in [-0.3, -0.25) is 0 Å². The van der Waals surface area contributed by atoms with Crippen LogP contribution in [0.2, 0.25) is 0 Å². The summed E-state index contributed by atoms with van der Waals surface area (Å²) in [4.78, 5) is 0. The maximum atomic E-state index is 2.20. The Morgan fingerprint density at radius 3 is 1.38 bits per heavy atom. The summed E-state index contributed by atoms with van der Waals surface area (Å²) in [5.74, 6) is 1.85. The van der Waals surface area contributed by atoms with E-state index < -0.39 is 0 Å². The first-order chi connectivity index (χ1) is 7.79. The lowest BCUT2D eigenvalue weighted by molar-refractivity contribution is 0.818. The fourth-order valence-corrected chi connectivity index (χ4v) is 2.15. The molecule has 0 unspecified atom stereocenters. The van der Waals surface area contributed by atoms with E-state index >= 15 is 0 Å². The van der Waals surface area contributed by atoms with Gasteiger partial charge in [-0.15, -0.1) is 0 Å². The van der Waals surface area contributed by atoms with Gasteiger partial charge in [0.1, 0.15) is 0 Å². The Bertz CT molecular complexity index is 375. The molecular weight excluding hydrogens is 192 g/mol. The summed E-state index contributed by atoms with van der Waals surface area (Å²) in [7, 11) is 0. The van der Waals surface area contributed by atoms with Crippen molar-refractivity contribution < 1.29 is 0 Å². The molecular formula is C16H17. The average molecular weight is 209 g/mol. The number of hydrogen-bond donors (Lipinski definition) is 0. The highest BCUT2D eigenvalue weighted by atomic mass is 14.2. The van der Waals surface area contributed by atoms with E-state index in [9.17, 15) is 0 Å². The van der Waals surface area contributed by atoms with Gasteiger partial charge in [0.25, 0.3) is 0 Å². The Labute approximate surface area is 97.9 Å². The second-order valence-corrected chi connectivity index (χ2v) is 4.33. The normalized spacial score (nSPS) is 11.0. The predicted molar refractivity (Wildman–Crippen MR) is 69.3 cm³/mol. The molecule has 0 heterocycles. The van der Waals surface area contributed by atoms with Crippen LogP contribution in [0.15, 0.2) is 60.7 Å². The molecule has 0 atom stereocenters. The lowest BCUT2D eigenvalue weighted by atomic mass is 9.83. The van der Waals surface area contributed by atoms with Gasteiger partial charge in [-0.25, -0.2) is 0 Å². The van der Waals surface area contributed by atoms with Crippen molar-refractivity contribution in [3.05, 3.63) is 77.7 Å². The van der Waals surface area contributed by atoms with Crippen molar-refractivity contribution >= 4 is 0 Å². The fourth-order valence-electron chi connectivity index (χ4n) is 2.15. The molecule has 0 aliphatic carbocycles. The topological polar surface area (TPSA) is 0 Å². The van der Waals surface area contributed by atoms with Crippen LogP contribution in [-0.4, -0.2) is 0 Å². The molecule has 16 heavy (non-hydrogen) atoms. The van der Waals surface area contributed by atoms with Crippen molar-refractivity contribution in [2.45, 2.75) is 19.8 Å². The highest BCUT2D eigenvalue weighted by Crippen LogP contribution is 2.32. The van der Waals surface area contributed by atoms with Crippen LogP contribution in [0.25, 0.3) is 0 Å². The molecule has 0 saturated carbocycles. The van der Waals surface area contributed by atoms with Crippen molar-refractivity contribution in [3.63, 3.8) is 0 Å². The third-order valence-electron chi connectivity index (χ3n) is 2.84. The van der Waals surface area contributed by atoms with Gasteiger partial charge in [-0.1, -0.05) is 74.5 Å². The largest absolute Gasteiger partial charge is 0.0622 e. The molecule has 0 nitrogen and oxygen atoms in total. The minimum absolute atomic E-state index is 0.419. The van der Waals surface area contributed by atoms with Gasteiger partial charge in [0.05, 0.1) is 0 Å². The van der Waals surface area contributed by atoms with Crippen molar-refractivity contribution in [2.75, 3.05) is 0 Å². The zero-order valence-corrected chi connectivity index (χ0v) is 9.85. The molecule has 0 fully saturated rings. The molecule has 0 aliphatic heterocycles. The van der Waals surface area contributed by atoms with Gasteiger partial charge in [-0.2, -0.15) is 0 Å². The van der Waals surface area contributed by atoms with Crippen LogP contribution in [0.5, 0.6) is 0 Å². The Morgan fingerprint density at radius 1 is 0.688 bits per heavy atom. The second-order valence-electron chi connectivity index (χ2n) is 4.33. The summed E-state index contributed by atoms with van der Waals surface area (Å²) >= 11 is 0. The summed E-state index contributed by atoms with van der Waals surface area (Å²) in [6.07, 6.45) is 0. The molecule has 2 aromatic carbocycles. The predicted octanol–water partition coefficient (Wildman–Crippen LogP) is 4.43. The first-order valence-corrected chi connectivity index (χ1v) is 5.69. The van der Waals surface area contributed by atoms with Crippen LogP contribution in [0, 0.1) is 5.92 Å². The van der Waals surface area contributed by atoms with Crippen LogP contribution < -0.4 is 0 Å². The first kappa shape index (κ1) is 10.9. The van der Waals surface area contributed by atoms with E-state index in [1.54, 1.807) is 0 Å². The van der Waals surface area contributed by atoms with E-state index in [2.05, 4.69) is 74.5 Å². The molecule has 0 amide bonds. The molecule has 0 heteroatoms. The molecule has 0 aliphatic rings. The smallest absolute Gasteiger partial charge is 0.0146 e. The summed E-state index contributed by atoms with van der Waals surface area (Å²) in [5.41, 5.74) is 2.74. The van der Waals surface area contributed by atoms with E-state index in [4.69, 9.17) is 0 Å². The van der Waals surface area contributed by atoms with Gasteiger partial charge < -0.3 is 0 Å². The minimum Gasteiger partial charge on any atom is -0.0622 e. The first-order valence-electron chi connectivity index (χ1n) is 5.69. The maximum Gasteiger partial charge on any atom is 0.0146 e. The molecule has 2 aromatic rings. The van der Waals surface area contributed by atoms with Gasteiger partial charge in [0.2, 0.25) is 0 Å². The van der Waals surface area contributed by atoms with Crippen molar-refractivity contribution in [1.29, 1.82) is 0 Å². The Kier molecular flexibility index (Phi) is 3.40. The fraction of sp³-hybridized carbons (Fsp3) is 0.188. The van der Waals surface area contributed by atoms with Crippen LogP contribution in [0.1, 0.15) is 30.9 Å². The highest BCUT2D eigenvalue weighted by molar-refractivity contribution is 5.37. The van der Waals surface area contributed by atoms with Crippen LogP contribution in [0.4, 0.5) is 0 Å². The summed E-state index contributed by atoms with van der Waals surface area (Å²) in [5, 5.41) is 0.